The van der Waals surface area contributed by atoms with E-state index in [0.717, 1.165) is 25.0 Å². The number of nitrogens with two attached hydrogens (primary N) is 1. The second kappa shape index (κ2) is 7.50. The van der Waals surface area contributed by atoms with Crippen LogP contribution in [-0.4, -0.2) is 19.1 Å². The van der Waals surface area contributed by atoms with Crippen LogP contribution in [0.15, 0.2) is 18.2 Å². The van der Waals surface area contributed by atoms with Gasteiger partial charge in [-0.05, 0) is 43.4 Å². The fourth-order valence-corrected chi connectivity index (χ4v) is 2.59. The van der Waals surface area contributed by atoms with E-state index in [1.165, 1.54) is 11.1 Å². The van der Waals surface area contributed by atoms with Gasteiger partial charge in [-0.25, -0.2) is 0 Å². The Morgan fingerprint density at radius 3 is 2.95 bits per heavy atom. The average Bonchev–Trinajstić information content (AvgIpc) is 2.79. The van der Waals surface area contributed by atoms with Gasteiger partial charge in [0.2, 0.25) is 5.91 Å². The first-order valence-corrected chi connectivity index (χ1v) is 6.82. The summed E-state index contributed by atoms with van der Waals surface area (Å²) in [4.78, 5) is 11.9. The number of carbonyl (C=O) groups excluding carboxylic acids is 1. The molecule has 5 heteroatoms. The van der Waals surface area contributed by atoms with Crippen molar-refractivity contribution in [2.75, 3.05) is 7.11 Å². The molecule has 4 nitrogen and oxygen atoms in total. The molecule has 0 spiro atoms. The molecular weight excluding hydrogens is 276 g/mol. The fraction of sp³-hybridized carbons (Fsp3) is 0.533. The number of rotatable bonds is 5. The van der Waals surface area contributed by atoms with E-state index in [9.17, 15) is 4.79 Å². The van der Waals surface area contributed by atoms with Crippen LogP contribution in [0.1, 0.15) is 43.4 Å². The molecule has 1 aromatic rings. The van der Waals surface area contributed by atoms with Gasteiger partial charge in [0, 0.05) is 12.5 Å². The molecule has 3 N–H and O–H groups in total. The third-order valence-electron chi connectivity index (χ3n) is 3.61. The summed E-state index contributed by atoms with van der Waals surface area (Å²) in [6.07, 6.45) is 3.12. The van der Waals surface area contributed by atoms with Crippen molar-refractivity contribution in [2.24, 2.45) is 5.73 Å². The summed E-state index contributed by atoms with van der Waals surface area (Å²) in [5.41, 5.74) is 8.08. The average molecular weight is 299 g/mol. The van der Waals surface area contributed by atoms with Crippen molar-refractivity contribution in [3.63, 3.8) is 0 Å². The summed E-state index contributed by atoms with van der Waals surface area (Å²) in [7, 11) is 1.68. The molecule has 0 bridgehead atoms. The summed E-state index contributed by atoms with van der Waals surface area (Å²) < 4.78 is 5.36. The van der Waals surface area contributed by atoms with Gasteiger partial charge in [0.25, 0.3) is 0 Å². The lowest BCUT2D eigenvalue weighted by Crippen LogP contribution is -2.28. The van der Waals surface area contributed by atoms with Gasteiger partial charge in [0.1, 0.15) is 5.75 Å². The van der Waals surface area contributed by atoms with Crippen LogP contribution in [0.3, 0.4) is 0 Å². The predicted molar refractivity (Wildman–Crippen MR) is 82.3 cm³/mol. The molecule has 0 saturated carbocycles. The molecule has 20 heavy (non-hydrogen) atoms. The van der Waals surface area contributed by atoms with Crippen molar-refractivity contribution in [3.05, 3.63) is 29.3 Å². The van der Waals surface area contributed by atoms with E-state index in [-0.39, 0.29) is 30.4 Å². The van der Waals surface area contributed by atoms with E-state index in [1.807, 2.05) is 19.1 Å². The van der Waals surface area contributed by atoms with Crippen molar-refractivity contribution in [2.45, 2.75) is 44.7 Å². The van der Waals surface area contributed by atoms with E-state index in [0.29, 0.717) is 6.42 Å². The molecule has 0 aliphatic heterocycles. The van der Waals surface area contributed by atoms with Crippen LogP contribution in [0.25, 0.3) is 0 Å². The highest BCUT2D eigenvalue weighted by Gasteiger charge is 2.26. The van der Waals surface area contributed by atoms with Gasteiger partial charge >= 0.3 is 0 Å². The number of hydrogen-bond donors (Lipinski definition) is 2. The van der Waals surface area contributed by atoms with Gasteiger partial charge in [-0.15, -0.1) is 12.4 Å². The Kier molecular flexibility index (Phi) is 6.30. The molecule has 0 saturated heterocycles. The molecule has 1 amide bonds. The number of ether oxygens (including phenoxy) is 1. The lowest BCUT2D eigenvalue weighted by molar-refractivity contribution is -0.122. The number of halogens is 1. The van der Waals surface area contributed by atoms with E-state index in [1.54, 1.807) is 7.11 Å². The Morgan fingerprint density at radius 1 is 1.55 bits per heavy atom. The van der Waals surface area contributed by atoms with Crippen molar-refractivity contribution >= 4 is 18.3 Å². The Morgan fingerprint density at radius 2 is 2.30 bits per heavy atom. The number of hydrogen-bond acceptors (Lipinski definition) is 3. The monoisotopic (exact) mass is 298 g/mol. The van der Waals surface area contributed by atoms with Gasteiger partial charge in [0.05, 0.1) is 13.2 Å². The van der Waals surface area contributed by atoms with Gasteiger partial charge < -0.3 is 15.8 Å². The van der Waals surface area contributed by atoms with Gasteiger partial charge in [-0.1, -0.05) is 12.1 Å². The lowest BCUT2D eigenvalue weighted by Gasteiger charge is -2.15. The van der Waals surface area contributed by atoms with Crippen LogP contribution >= 0.6 is 12.4 Å². The third kappa shape index (κ3) is 3.87. The quantitative estimate of drug-likeness (QED) is 0.877. The second-order valence-corrected chi connectivity index (χ2v) is 5.20. The standard InChI is InChI=1S/C15H22N2O2.ClH/c1-10(16)6-9-15(18)17-13-8-7-12-11(13)4-3-5-14(12)19-2;/h3-5,10,13H,6-9,16H2,1-2H3,(H,17,18);1H. The topological polar surface area (TPSA) is 64.3 Å². The molecule has 1 aliphatic carbocycles. The number of methoxy groups -OCH3 is 1. The zero-order valence-electron chi connectivity index (χ0n) is 12.0. The number of amides is 1. The molecule has 0 fully saturated rings. The highest BCUT2D eigenvalue weighted by Crippen LogP contribution is 2.36. The summed E-state index contributed by atoms with van der Waals surface area (Å²) in [6, 6.07) is 6.21. The van der Waals surface area contributed by atoms with Crippen LogP contribution in [0, 0.1) is 0 Å². The Hall–Kier alpha value is -1.26. The third-order valence-corrected chi connectivity index (χ3v) is 3.61. The summed E-state index contributed by atoms with van der Waals surface area (Å²) in [5.74, 6) is 1.00. The van der Waals surface area contributed by atoms with Crippen LogP contribution in [0.5, 0.6) is 5.75 Å². The maximum atomic E-state index is 11.9. The zero-order chi connectivity index (χ0) is 13.8. The van der Waals surface area contributed by atoms with E-state index < -0.39 is 0 Å². The summed E-state index contributed by atoms with van der Waals surface area (Å²) in [6.45, 7) is 1.92. The molecule has 0 radical (unpaired) electrons. The van der Waals surface area contributed by atoms with Crippen LogP contribution < -0.4 is 15.8 Å². The van der Waals surface area contributed by atoms with Crippen LogP contribution in [0.2, 0.25) is 0 Å². The summed E-state index contributed by atoms with van der Waals surface area (Å²) in [5, 5.41) is 3.09. The molecule has 0 heterocycles. The highest BCUT2D eigenvalue weighted by molar-refractivity contribution is 5.85. The van der Waals surface area contributed by atoms with Crippen LogP contribution in [-0.2, 0) is 11.2 Å². The lowest BCUT2D eigenvalue weighted by atomic mass is 10.1. The van der Waals surface area contributed by atoms with Crippen molar-refractivity contribution in [1.82, 2.24) is 5.32 Å². The Balaban J connectivity index is 0.00000200. The fourth-order valence-electron chi connectivity index (χ4n) is 2.59. The van der Waals surface area contributed by atoms with Gasteiger partial charge in [-0.2, -0.15) is 0 Å². The van der Waals surface area contributed by atoms with Crippen LogP contribution in [0.4, 0.5) is 0 Å². The van der Waals surface area contributed by atoms with Crippen molar-refractivity contribution in [3.8, 4) is 5.75 Å². The minimum absolute atomic E-state index is 0. The largest absolute Gasteiger partial charge is 0.496 e. The van der Waals surface area contributed by atoms with Gasteiger partial charge in [-0.3, -0.25) is 4.79 Å². The van der Waals surface area contributed by atoms with E-state index in [2.05, 4.69) is 11.4 Å². The SMILES string of the molecule is COc1cccc2c1CCC2NC(=O)CCC(C)N.Cl. The van der Waals surface area contributed by atoms with Gasteiger partial charge in [0.15, 0.2) is 0 Å². The molecule has 2 rings (SSSR count). The first-order valence-electron chi connectivity index (χ1n) is 6.82. The van der Waals surface area contributed by atoms with Crippen molar-refractivity contribution in [1.29, 1.82) is 0 Å². The number of fused-ring (bicyclic) bond motifs is 1. The molecule has 1 aromatic carbocycles. The smallest absolute Gasteiger partial charge is 0.220 e. The molecule has 2 atom stereocenters. The first kappa shape index (κ1) is 16.8. The maximum absolute atomic E-state index is 11.9. The molecule has 2 unspecified atom stereocenters. The summed E-state index contributed by atoms with van der Waals surface area (Å²) >= 11 is 0. The maximum Gasteiger partial charge on any atom is 0.220 e. The molecule has 112 valence electrons. The van der Waals surface area contributed by atoms with E-state index in [4.69, 9.17) is 10.5 Å². The normalized spacial score (nSPS) is 17.9. The zero-order valence-corrected chi connectivity index (χ0v) is 12.8. The van der Waals surface area contributed by atoms with E-state index >= 15 is 0 Å². The molecule has 0 aromatic heterocycles. The predicted octanol–water partition coefficient (Wildman–Crippen LogP) is 2.35. The molecule has 1 aliphatic rings. The number of carbonyl (C=O) groups is 1. The minimum atomic E-state index is 0. The minimum Gasteiger partial charge on any atom is -0.496 e. The molecular formula is C15H23ClN2O2. The Labute approximate surface area is 126 Å². The Bertz CT molecular complexity index is 463. The number of benzene rings is 1. The number of nitrogens with one attached hydrogen (secondary N) is 1. The second-order valence-electron chi connectivity index (χ2n) is 5.20. The van der Waals surface area contributed by atoms with Crippen molar-refractivity contribution < 1.29 is 9.53 Å². The first-order chi connectivity index (χ1) is 9.11. The highest BCUT2D eigenvalue weighted by atomic mass is 35.5.